The van der Waals surface area contributed by atoms with Crippen LogP contribution in [0, 0.1) is 0 Å². The molecule has 3 rings (SSSR count). The van der Waals surface area contributed by atoms with E-state index in [-0.39, 0.29) is 25.7 Å². The number of halogens is 1. The summed E-state index contributed by atoms with van der Waals surface area (Å²) in [5.74, 6) is 2.61. The van der Waals surface area contributed by atoms with Gasteiger partial charge in [-0.3, -0.25) is 4.90 Å². The minimum atomic E-state index is 0. The molecule has 24 heavy (non-hydrogen) atoms. The highest BCUT2D eigenvalue weighted by atomic mass is 35.5. The number of nitrogens with two attached hydrogens (primary N) is 1. The average Bonchev–Trinajstić information content (AvgIpc) is 3.20. The van der Waals surface area contributed by atoms with Gasteiger partial charge in [0, 0.05) is 20.2 Å². The van der Waals surface area contributed by atoms with E-state index in [0.29, 0.717) is 31.4 Å². The van der Waals surface area contributed by atoms with Crippen LogP contribution in [0.3, 0.4) is 0 Å². The second-order valence-electron chi connectivity index (χ2n) is 5.20. The molecule has 0 saturated carbocycles. The van der Waals surface area contributed by atoms with Crippen LogP contribution in [0.2, 0.25) is 0 Å². The van der Waals surface area contributed by atoms with Crippen molar-refractivity contribution in [2.24, 2.45) is 5.73 Å². The minimum Gasteiger partial charge on any atom is -0.454 e. The van der Waals surface area contributed by atoms with Crippen LogP contribution in [-0.2, 0) is 24.4 Å². The lowest BCUT2D eigenvalue weighted by atomic mass is 10.2. The molecule has 0 amide bonds. The Bertz CT molecular complexity index is 652. The Morgan fingerprint density at radius 1 is 1.25 bits per heavy atom. The molecule has 0 spiro atoms. The van der Waals surface area contributed by atoms with Gasteiger partial charge in [0.05, 0.1) is 19.7 Å². The fraction of sp³-hybridized carbons (Fsp3) is 0.467. The average molecular weight is 357 g/mol. The lowest BCUT2D eigenvalue weighted by Gasteiger charge is -2.20. The molecular weight excluding hydrogens is 336 g/mol. The third kappa shape index (κ3) is 4.57. The monoisotopic (exact) mass is 356 g/mol. The molecule has 0 fully saturated rings. The van der Waals surface area contributed by atoms with Crippen molar-refractivity contribution < 1.29 is 18.7 Å². The molecule has 2 N–H and O–H groups in total. The van der Waals surface area contributed by atoms with Crippen LogP contribution < -0.4 is 15.2 Å². The van der Waals surface area contributed by atoms with Gasteiger partial charge >= 0.3 is 0 Å². The number of benzene rings is 1. The zero-order chi connectivity index (χ0) is 16.1. The topological polar surface area (TPSA) is 95.9 Å². The molecule has 0 saturated heterocycles. The molecule has 1 aliphatic rings. The first-order valence-corrected chi connectivity index (χ1v) is 7.40. The molecule has 0 bridgehead atoms. The van der Waals surface area contributed by atoms with Crippen molar-refractivity contribution >= 4 is 12.4 Å². The first kappa shape index (κ1) is 18.5. The Labute approximate surface area is 146 Å². The van der Waals surface area contributed by atoms with E-state index in [2.05, 4.69) is 15.0 Å². The molecule has 0 aliphatic carbocycles. The van der Waals surface area contributed by atoms with Gasteiger partial charge in [0.15, 0.2) is 17.3 Å². The molecule has 1 aliphatic heterocycles. The van der Waals surface area contributed by atoms with Crippen molar-refractivity contribution in [3.63, 3.8) is 0 Å². The summed E-state index contributed by atoms with van der Waals surface area (Å²) in [5, 5.41) is 3.94. The third-order valence-electron chi connectivity index (χ3n) is 3.50. The van der Waals surface area contributed by atoms with Crippen LogP contribution in [-0.4, -0.2) is 42.1 Å². The predicted octanol–water partition coefficient (Wildman–Crippen LogP) is 1.33. The second-order valence-corrected chi connectivity index (χ2v) is 5.20. The fourth-order valence-electron chi connectivity index (χ4n) is 2.37. The Kier molecular flexibility index (Phi) is 6.80. The summed E-state index contributed by atoms with van der Waals surface area (Å²) in [6, 6.07) is 5.94. The highest BCUT2D eigenvalue weighted by molar-refractivity contribution is 5.85. The van der Waals surface area contributed by atoms with E-state index >= 15 is 0 Å². The highest BCUT2D eigenvalue weighted by Gasteiger charge is 2.16. The van der Waals surface area contributed by atoms with Crippen molar-refractivity contribution in [1.29, 1.82) is 0 Å². The molecule has 8 nitrogen and oxygen atoms in total. The van der Waals surface area contributed by atoms with E-state index in [0.717, 1.165) is 23.6 Å². The minimum absolute atomic E-state index is 0. The predicted molar refractivity (Wildman–Crippen MR) is 88.0 cm³/mol. The number of methoxy groups -OCH3 is 1. The molecule has 132 valence electrons. The molecule has 2 aromatic rings. The van der Waals surface area contributed by atoms with Crippen LogP contribution >= 0.6 is 12.4 Å². The Morgan fingerprint density at radius 3 is 2.83 bits per heavy atom. The molecular formula is C15H21ClN4O4. The third-order valence-corrected chi connectivity index (χ3v) is 3.50. The van der Waals surface area contributed by atoms with E-state index in [1.807, 2.05) is 18.2 Å². The Hall–Kier alpha value is -1.87. The first-order chi connectivity index (χ1) is 11.3. The van der Waals surface area contributed by atoms with Crippen LogP contribution in [0.15, 0.2) is 22.7 Å². The molecule has 9 heteroatoms. The van der Waals surface area contributed by atoms with Crippen LogP contribution in [0.5, 0.6) is 11.5 Å². The number of rotatable bonds is 8. The summed E-state index contributed by atoms with van der Waals surface area (Å²) in [4.78, 5) is 6.42. The highest BCUT2D eigenvalue weighted by Crippen LogP contribution is 2.32. The van der Waals surface area contributed by atoms with Gasteiger partial charge in [-0.25, -0.2) is 0 Å². The van der Waals surface area contributed by atoms with Crippen molar-refractivity contribution in [1.82, 2.24) is 15.0 Å². The van der Waals surface area contributed by atoms with Crippen LogP contribution in [0.25, 0.3) is 0 Å². The lowest BCUT2D eigenvalue weighted by molar-refractivity contribution is 0.137. The summed E-state index contributed by atoms with van der Waals surface area (Å²) < 4.78 is 21.0. The fourth-order valence-corrected chi connectivity index (χ4v) is 2.37. The van der Waals surface area contributed by atoms with Gasteiger partial charge < -0.3 is 24.5 Å². The maximum Gasteiger partial charge on any atom is 0.240 e. The zero-order valence-corrected chi connectivity index (χ0v) is 14.3. The Balaban J connectivity index is 0.00000208. The number of nitrogens with zero attached hydrogens (tertiary/aromatic N) is 3. The van der Waals surface area contributed by atoms with E-state index in [4.69, 9.17) is 24.5 Å². The van der Waals surface area contributed by atoms with Crippen molar-refractivity contribution in [3.8, 4) is 11.5 Å². The summed E-state index contributed by atoms with van der Waals surface area (Å²) >= 11 is 0. The van der Waals surface area contributed by atoms with Crippen molar-refractivity contribution in [2.75, 3.05) is 27.1 Å². The summed E-state index contributed by atoms with van der Waals surface area (Å²) in [7, 11) is 1.68. The molecule has 1 aromatic heterocycles. The smallest absolute Gasteiger partial charge is 0.240 e. The van der Waals surface area contributed by atoms with Crippen LogP contribution in [0.1, 0.15) is 17.3 Å². The number of hydrogen-bond donors (Lipinski definition) is 1. The maximum absolute atomic E-state index is 5.49. The van der Waals surface area contributed by atoms with Gasteiger partial charge in [-0.1, -0.05) is 11.2 Å². The standard InChI is InChI=1S/C15H20N4O4.ClH/c1-20-5-4-19(9-14-17-15(7-16)23-18-14)8-11-2-3-12-13(6-11)22-10-21-12;/h2-3,6H,4-5,7-10,16H2,1H3;1H. The molecule has 2 heterocycles. The van der Waals surface area contributed by atoms with Gasteiger partial charge in [-0.05, 0) is 17.7 Å². The lowest BCUT2D eigenvalue weighted by Crippen LogP contribution is -2.27. The quantitative estimate of drug-likeness (QED) is 0.756. The van der Waals surface area contributed by atoms with Crippen LogP contribution in [0.4, 0.5) is 0 Å². The van der Waals surface area contributed by atoms with Crippen molar-refractivity contribution in [2.45, 2.75) is 19.6 Å². The number of ether oxygens (including phenoxy) is 3. The summed E-state index contributed by atoms with van der Waals surface area (Å²) in [6.07, 6.45) is 0. The van der Waals surface area contributed by atoms with Gasteiger partial charge in [-0.2, -0.15) is 4.98 Å². The van der Waals surface area contributed by atoms with Gasteiger partial charge in [0.25, 0.3) is 0 Å². The summed E-state index contributed by atoms with van der Waals surface area (Å²) in [5.41, 5.74) is 6.61. The largest absolute Gasteiger partial charge is 0.454 e. The molecule has 0 unspecified atom stereocenters. The number of hydrogen-bond acceptors (Lipinski definition) is 8. The first-order valence-electron chi connectivity index (χ1n) is 7.40. The second kappa shape index (κ2) is 8.84. The van der Waals surface area contributed by atoms with Crippen molar-refractivity contribution in [3.05, 3.63) is 35.5 Å². The number of fused-ring (bicyclic) bond motifs is 1. The zero-order valence-electron chi connectivity index (χ0n) is 13.4. The normalized spacial score (nSPS) is 12.5. The molecule has 1 aromatic carbocycles. The van der Waals surface area contributed by atoms with E-state index in [1.54, 1.807) is 7.11 Å². The van der Waals surface area contributed by atoms with E-state index < -0.39 is 0 Å². The van der Waals surface area contributed by atoms with Gasteiger partial charge in [0.1, 0.15) is 0 Å². The van der Waals surface area contributed by atoms with E-state index in [1.165, 1.54) is 0 Å². The van der Waals surface area contributed by atoms with Gasteiger partial charge in [-0.15, -0.1) is 12.4 Å². The Morgan fingerprint density at radius 2 is 2.08 bits per heavy atom. The SMILES string of the molecule is COCCN(Cc1ccc2c(c1)OCO2)Cc1noc(CN)n1.Cl. The van der Waals surface area contributed by atoms with E-state index in [9.17, 15) is 0 Å². The molecule has 0 radical (unpaired) electrons. The summed E-state index contributed by atoms with van der Waals surface area (Å²) in [6.45, 7) is 3.15. The maximum atomic E-state index is 5.49. The molecule has 0 atom stereocenters. The number of aromatic nitrogens is 2. The van der Waals surface area contributed by atoms with Gasteiger partial charge in [0.2, 0.25) is 12.7 Å².